The van der Waals surface area contributed by atoms with Crippen LogP contribution in [0.4, 0.5) is 15.2 Å². The van der Waals surface area contributed by atoms with Crippen molar-refractivity contribution in [2.24, 2.45) is 0 Å². The number of sulfonamides is 1. The fraction of sp³-hybridized carbons (Fsp3) is 0.375. The minimum absolute atomic E-state index is 0.0139. The summed E-state index contributed by atoms with van der Waals surface area (Å²) in [5.74, 6) is 1.11. The Morgan fingerprint density at radius 1 is 1.05 bits per heavy atom. The summed E-state index contributed by atoms with van der Waals surface area (Å²) < 4.78 is 60.4. The number of methoxy groups -OCH3 is 2. The first-order chi connectivity index (χ1) is 20.9. The number of fused-ring (bicyclic) bond motifs is 1. The van der Waals surface area contributed by atoms with Gasteiger partial charge in [0.2, 0.25) is 5.13 Å². The van der Waals surface area contributed by atoms with Crippen LogP contribution >= 0.6 is 11.5 Å². The predicted octanol–water partition coefficient (Wildman–Crippen LogP) is 6.51. The molecule has 0 saturated carbocycles. The van der Waals surface area contributed by atoms with Gasteiger partial charge in [0.05, 0.1) is 31.7 Å². The molecule has 1 aliphatic heterocycles. The fourth-order valence-corrected chi connectivity index (χ4v) is 8.43. The number of nitrogens with zero attached hydrogens (tertiary/aromatic N) is 4. The molecule has 226 valence electrons. The number of alkyl halides is 1. The molecule has 0 radical (unpaired) electrons. The van der Waals surface area contributed by atoms with E-state index < -0.39 is 16.2 Å². The number of rotatable bonds is 9. The molecular formula is C32H35FN4O4S2. The molecule has 0 bridgehead atoms. The highest BCUT2D eigenvalue weighted by atomic mass is 32.2. The molecule has 43 heavy (non-hydrogen) atoms. The van der Waals surface area contributed by atoms with E-state index >= 15 is 0 Å². The Labute approximate surface area is 256 Å². The van der Waals surface area contributed by atoms with Gasteiger partial charge in [-0.15, -0.1) is 0 Å². The monoisotopic (exact) mass is 622 g/mol. The molecule has 2 heterocycles. The molecule has 0 N–H and O–H groups in total. The zero-order valence-corrected chi connectivity index (χ0v) is 25.9. The normalized spacial score (nSPS) is 18.6. The molecule has 3 aromatic carbocycles. The minimum atomic E-state index is -4.12. The van der Waals surface area contributed by atoms with E-state index in [4.69, 9.17) is 9.47 Å². The molecule has 11 heteroatoms. The van der Waals surface area contributed by atoms with Crippen molar-refractivity contribution < 1.29 is 22.3 Å². The van der Waals surface area contributed by atoms with Gasteiger partial charge in [-0.25, -0.2) is 22.1 Å². The second-order valence-electron chi connectivity index (χ2n) is 10.9. The van der Waals surface area contributed by atoms with Crippen LogP contribution in [0.5, 0.6) is 11.5 Å². The van der Waals surface area contributed by atoms with Crippen molar-refractivity contribution in [3.8, 4) is 11.5 Å². The number of ether oxygens (including phenoxy) is 2. The van der Waals surface area contributed by atoms with Crippen LogP contribution in [0.15, 0.2) is 71.9 Å². The van der Waals surface area contributed by atoms with E-state index in [1.165, 1.54) is 23.3 Å². The summed E-state index contributed by atoms with van der Waals surface area (Å²) in [7, 11) is -1.01. The number of piperidine rings is 1. The van der Waals surface area contributed by atoms with Crippen molar-refractivity contribution in [3.05, 3.63) is 89.2 Å². The van der Waals surface area contributed by atoms with Crippen LogP contribution in [-0.2, 0) is 29.4 Å². The standard InChI is InChI=1S/C32H35FN4O4S2/c1-40-26-14-12-24(31(18-26)41-2)20-37(32-34-21-35-42-32)43(38,39)27-16-23-11-13-25(33)17-28(23)30(19-27)36-15-7-6-10-29(36)22-8-4-3-5-9-22/h3-5,8-9,12,14,16,18-19,21,25,29H,6-7,10-11,13,15,17,20H2,1-2H3/t25?,29-/m0/s1. The van der Waals surface area contributed by atoms with Gasteiger partial charge in [0, 0.05) is 41.8 Å². The van der Waals surface area contributed by atoms with E-state index in [0.29, 0.717) is 29.9 Å². The van der Waals surface area contributed by atoms with Crippen LogP contribution in [0.3, 0.4) is 0 Å². The number of hydrogen-bond acceptors (Lipinski definition) is 8. The second-order valence-corrected chi connectivity index (χ2v) is 13.6. The molecule has 0 spiro atoms. The molecule has 1 saturated heterocycles. The lowest BCUT2D eigenvalue weighted by Crippen LogP contribution is -2.36. The summed E-state index contributed by atoms with van der Waals surface area (Å²) in [6.45, 7) is 0.760. The maximum Gasteiger partial charge on any atom is 0.266 e. The maximum absolute atomic E-state index is 14.9. The third-order valence-corrected chi connectivity index (χ3v) is 10.9. The molecule has 2 atom stereocenters. The summed E-state index contributed by atoms with van der Waals surface area (Å²) in [5.41, 5.74) is 4.45. The van der Waals surface area contributed by atoms with Gasteiger partial charge in [-0.05, 0) is 73.1 Å². The quantitative estimate of drug-likeness (QED) is 0.210. The number of hydrogen-bond donors (Lipinski definition) is 0. The molecule has 1 aromatic heterocycles. The Morgan fingerprint density at radius 2 is 1.88 bits per heavy atom. The van der Waals surface area contributed by atoms with Gasteiger partial charge in [0.1, 0.15) is 24.0 Å². The Morgan fingerprint density at radius 3 is 2.63 bits per heavy atom. The van der Waals surface area contributed by atoms with Gasteiger partial charge in [0.15, 0.2) is 0 Å². The van der Waals surface area contributed by atoms with Crippen molar-refractivity contribution in [2.75, 3.05) is 30.0 Å². The molecular weight excluding hydrogens is 588 g/mol. The fourth-order valence-electron chi connectivity index (χ4n) is 6.23. The largest absolute Gasteiger partial charge is 0.497 e. The average molecular weight is 623 g/mol. The smallest absolute Gasteiger partial charge is 0.266 e. The average Bonchev–Trinajstić information content (AvgIpc) is 3.58. The summed E-state index contributed by atoms with van der Waals surface area (Å²) >= 11 is 1.01. The predicted molar refractivity (Wildman–Crippen MR) is 167 cm³/mol. The summed E-state index contributed by atoms with van der Waals surface area (Å²) in [5, 5.41) is 0.251. The molecule has 1 fully saturated rings. The molecule has 8 nitrogen and oxygen atoms in total. The van der Waals surface area contributed by atoms with Crippen molar-refractivity contribution >= 4 is 32.4 Å². The third kappa shape index (κ3) is 5.92. The first-order valence-electron chi connectivity index (χ1n) is 14.5. The zero-order valence-electron chi connectivity index (χ0n) is 24.3. The van der Waals surface area contributed by atoms with Crippen LogP contribution in [0, 0.1) is 0 Å². The van der Waals surface area contributed by atoms with Crippen molar-refractivity contribution in [2.45, 2.75) is 62.2 Å². The van der Waals surface area contributed by atoms with E-state index in [0.717, 1.165) is 54.2 Å². The van der Waals surface area contributed by atoms with Crippen LogP contribution in [-0.4, -0.2) is 44.7 Å². The van der Waals surface area contributed by atoms with E-state index in [2.05, 4.69) is 26.4 Å². The number of aromatic nitrogens is 2. The SMILES string of the molecule is COc1ccc(CN(c2ncns2)S(=O)(=O)c2cc3c(c(N4CCCC[C@H]4c4ccccc4)c2)CC(F)CC3)c(OC)c1. The Bertz CT molecular complexity index is 1670. The Balaban J connectivity index is 1.46. The molecule has 2 aliphatic rings. The van der Waals surface area contributed by atoms with Crippen LogP contribution in [0.2, 0.25) is 0 Å². The summed E-state index contributed by atoms with van der Waals surface area (Å²) in [4.78, 5) is 6.75. The van der Waals surface area contributed by atoms with Gasteiger partial charge >= 0.3 is 0 Å². The second kappa shape index (κ2) is 12.5. The maximum atomic E-state index is 14.9. The van der Waals surface area contributed by atoms with Crippen molar-refractivity contribution in [3.63, 3.8) is 0 Å². The topological polar surface area (TPSA) is 84.9 Å². The Hall–Kier alpha value is -3.70. The lowest BCUT2D eigenvalue weighted by atomic mass is 9.87. The minimum Gasteiger partial charge on any atom is -0.497 e. The lowest BCUT2D eigenvalue weighted by molar-refractivity contribution is 0.301. The van der Waals surface area contributed by atoms with E-state index in [1.54, 1.807) is 37.4 Å². The van der Waals surface area contributed by atoms with Gasteiger partial charge < -0.3 is 14.4 Å². The summed E-state index contributed by atoms with van der Waals surface area (Å²) in [6, 6.07) is 19.2. The first-order valence-corrected chi connectivity index (χ1v) is 16.7. The van der Waals surface area contributed by atoms with Gasteiger partial charge in [-0.2, -0.15) is 4.37 Å². The highest BCUT2D eigenvalue weighted by molar-refractivity contribution is 7.93. The van der Waals surface area contributed by atoms with E-state index in [9.17, 15) is 12.8 Å². The highest BCUT2D eigenvalue weighted by Gasteiger charge is 2.34. The van der Waals surface area contributed by atoms with Gasteiger partial charge in [-0.1, -0.05) is 30.3 Å². The van der Waals surface area contributed by atoms with Crippen LogP contribution in [0.25, 0.3) is 0 Å². The molecule has 1 unspecified atom stereocenters. The van der Waals surface area contributed by atoms with E-state index in [1.807, 2.05) is 18.2 Å². The number of benzene rings is 3. The van der Waals surface area contributed by atoms with Gasteiger partial charge in [-0.3, -0.25) is 0 Å². The van der Waals surface area contributed by atoms with Crippen molar-refractivity contribution in [1.82, 2.24) is 9.36 Å². The first kappa shape index (κ1) is 29.4. The lowest BCUT2D eigenvalue weighted by Gasteiger charge is -2.40. The molecule has 6 rings (SSSR count). The molecule has 4 aromatic rings. The van der Waals surface area contributed by atoms with E-state index in [-0.39, 0.29) is 29.0 Å². The van der Waals surface area contributed by atoms with Crippen LogP contribution in [0.1, 0.15) is 54.0 Å². The molecule has 0 amide bonds. The number of anilines is 2. The zero-order chi connectivity index (χ0) is 30.0. The highest BCUT2D eigenvalue weighted by Crippen LogP contribution is 2.42. The van der Waals surface area contributed by atoms with Gasteiger partial charge in [0.25, 0.3) is 10.0 Å². The van der Waals surface area contributed by atoms with Crippen molar-refractivity contribution in [1.29, 1.82) is 0 Å². The number of halogens is 1. The van der Waals surface area contributed by atoms with Crippen LogP contribution < -0.4 is 18.7 Å². The Kier molecular flexibility index (Phi) is 8.54. The summed E-state index contributed by atoms with van der Waals surface area (Å²) in [6.07, 6.45) is 4.57. The molecule has 1 aliphatic carbocycles. The number of aryl methyl sites for hydroxylation is 1. The third-order valence-electron chi connectivity index (χ3n) is 8.40.